The van der Waals surface area contributed by atoms with Gasteiger partial charge in [0, 0.05) is 25.7 Å². The van der Waals surface area contributed by atoms with Crippen molar-refractivity contribution in [3.63, 3.8) is 0 Å². The molecule has 2 aliphatic heterocycles. The van der Waals surface area contributed by atoms with Crippen LogP contribution >= 0.6 is 0 Å². The average Bonchev–Trinajstić information content (AvgIpc) is 3.14. The van der Waals surface area contributed by atoms with Crippen molar-refractivity contribution in [1.29, 1.82) is 0 Å². The molecule has 3 aliphatic carbocycles. The summed E-state index contributed by atoms with van der Waals surface area (Å²) in [6.45, 7) is 0. The van der Waals surface area contributed by atoms with E-state index in [0.717, 1.165) is 51.4 Å². The van der Waals surface area contributed by atoms with Gasteiger partial charge in [-0.1, -0.05) is 12.8 Å². The fourth-order valence-corrected chi connectivity index (χ4v) is 5.39. The van der Waals surface area contributed by atoms with Gasteiger partial charge in [-0.05, 0) is 25.7 Å². The van der Waals surface area contributed by atoms with Crippen LogP contribution in [0.25, 0.3) is 0 Å². The molecule has 5 aliphatic rings. The zero-order chi connectivity index (χ0) is 16.4. The third-order valence-corrected chi connectivity index (χ3v) is 6.63. The molecular weight excluding hydrogens is 312 g/mol. The Morgan fingerprint density at radius 3 is 1.21 bits per heavy atom. The number of aliphatic hydroxyl groups is 2. The second kappa shape index (κ2) is 5.63. The molecule has 0 radical (unpaired) electrons. The molecule has 6 atom stereocenters. The monoisotopic (exact) mass is 340 g/mol. The van der Waals surface area contributed by atoms with Crippen LogP contribution in [-0.2, 0) is 18.9 Å². The highest BCUT2D eigenvalue weighted by molar-refractivity contribution is 5.09. The number of hydrogen-bond donors (Lipinski definition) is 2. The van der Waals surface area contributed by atoms with Gasteiger partial charge in [0.05, 0.1) is 0 Å². The lowest BCUT2D eigenvalue weighted by atomic mass is 9.85. The van der Waals surface area contributed by atoms with E-state index in [-0.39, 0.29) is 12.2 Å². The summed E-state index contributed by atoms with van der Waals surface area (Å²) in [5.74, 6) is -1.20. The molecule has 2 spiro atoms. The van der Waals surface area contributed by atoms with E-state index in [0.29, 0.717) is 0 Å². The fourth-order valence-electron chi connectivity index (χ4n) is 5.39. The highest BCUT2D eigenvalue weighted by atomic mass is 16.8. The van der Waals surface area contributed by atoms with Crippen LogP contribution in [-0.4, -0.2) is 58.4 Å². The van der Waals surface area contributed by atoms with Crippen molar-refractivity contribution in [2.24, 2.45) is 0 Å². The summed E-state index contributed by atoms with van der Waals surface area (Å²) in [5.41, 5.74) is 0. The minimum atomic E-state index is -0.986. The van der Waals surface area contributed by atoms with Crippen molar-refractivity contribution in [3.05, 3.63) is 0 Å². The highest BCUT2D eigenvalue weighted by Crippen LogP contribution is 2.51. The van der Waals surface area contributed by atoms with E-state index in [4.69, 9.17) is 18.9 Å². The molecule has 6 nitrogen and oxygen atoms in total. The van der Waals surface area contributed by atoms with Crippen LogP contribution in [0.3, 0.4) is 0 Å². The SMILES string of the molecule is O[C@H]1[C@H](O)[C@H]2OC3(CCCCC3)O[C@H]2[C@H]2OC3(CCCCC3)O[C@H]12. The van der Waals surface area contributed by atoms with E-state index in [1.165, 1.54) is 12.8 Å². The molecule has 0 amide bonds. The maximum absolute atomic E-state index is 10.6. The van der Waals surface area contributed by atoms with Crippen molar-refractivity contribution in [2.75, 3.05) is 0 Å². The van der Waals surface area contributed by atoms with Gasteiger partial charge in [0.2, 0.25) is 0 Å². The maximum Gasteiger partial charge on any atom is 0.169 e. The minimum Gasteiger partial charge on any atom is -0.387 e. The molecule has 3 saturated carbocycles. The molecule has 2 saturated heterocycles. The highest BCUT2D eigenvalue weighted by Gasteiger charge is 2.65. The molecule has 6 heteroatoms. The molecule has 0 aromatic carbocycles. The number of fused-ring (bicyclic) bond motifs is 3. The summed E-state index contributed by atoms with van der Waals surface area (Å²) < 4.78 is 25.1. The van der Waals surface area contributed by atoms with Gasteiger partial charge < -0.3 is 29.2 Å². The van der Waals surface area contributed by atoms with Crippen LogP contribution in [0.1, 0.15) is 64.2 Å². The largest absolute Gasteiger partial charge is 0.387 e. The Balaban J connectivity index is 1.42. The third kappa shape index (κ3) is 2.31. The van der Waals surface area contributed by atoms with Crippen LogP contribution in [0.5, 0.6) is 0 Å². The molecule has 5 fully saturated rings. The minimum absolute atomic E-state index is 0.354. The number of ether oxygens (including phenoxy) is 4. The van der Waals surface area contributed by atoms with Crippen molar-refractivity contribution in [3.8, 4) is 0 Å². The second-order valence-electron chi connectivity index (χ2n) is 8.25. The van der Waals surface area contributed by atoms with Crippen molar-refractivity contribution in [1.82, 2.24) is 0 Å². The Kier molecular flexibility index (Phi) is 3.75. The van der Waals surface area contributed by atoms with Gasteiger partial charge in [-0.2, -0.15) is 0 Å². The van der Waals surface area contributed by atoms with Gasteiger partial charge in [0.15, 0.2) is 11.6 Å². The first kappa shape index (κ1) is 16.0. The quantitative estimate of drug-likeness (QED) is 0.698. The van der Waals surface area contributed by atoms with Gasteiger partial charge in [-0.3, -0.25) is 0 Å². The van der Waals surface area contributed by atoms with E-state index in [2.05, 4.69) is 0 Å². The summed E-state index contributed by atoms with van der Waals surface area (Å²) in [6.07, 6.45) is 6.38. The van der Waals surface area contributed by atoms with E-state index in [1.54, 1.807) is 0 Å². The van der Waals surface area contributed by atoms with E-state index >= 15 is 0 Å². The summed E-state index contributed by atoms with van der Waals surface area (Å²) >= 11 is 0. The van der Waals surface area contributed by atoms with Gasteiger partial charge in [-0.15, -0.1) is 0 Å². The number of rotatable bonds is 0. The smallest absolute Gasteiger partial charge is 0.169 e. The molecule has 2 N–H and O–H groups in total. The van der Waals surface area contributed by atoms with Crippen molar-refractivity contribution >= 4 is 0 Å². The molecule has 136 valence electrons. The Labute approximate surface area is 142 Å². The standard InChI is InChI=1S/C18H28O6/c19-11-12(20)14-16(24-18(22-14)9-5-2-6-10-18)15-13(11)21-17(23-15)7-3-1-4-8-17/h11-16,19-20H,1-10H2/t11-,12-,13+,14+,15-,16+/m0/s1. The van der Waals surface area contributed by atoms with Gasteiger partial charge in [0.25, 0.3) is 0 Å². The summed E-state index contributed by atoms with van der Waals surface area (Å²) in [5, 5.41) is 21.2. The summed E-state index contributed by atoms with van der Waals surface area (Å²) in [4.78, 5) is 0. The first-order valence-electron chi connectivity index (χ1n) is 9.69. The number of aliphatic hydroxyl groups excluding tert-OH is 2. The zero-order valence-corrected chi connectivity index (χ0v) is 14.1. The Bertz CT molecular complexity index is 440. The molecule has 2 heterocycles. The summed E-state index contributed by atoms with van der Waals surface area (Å²) in [7, 11) is 0. The molecule has 0 bridgehead atoms. The van der Waals surface area contributed by atoms with E-state index in [1.807, 2.05) is 0 Å². The van der Waals surface area contributed by atoms with Crippen molar-refractivity contribution in [2.45, 2.75) is 112 Å². The molecular formula is C18H28O6. The molecule has 0 unspecified atom stereocenters. The van der Waals surface area contributed by atoms with Crippen LogP contribution in [0.4, 0.5) is 0 Å². The molecule has 0 aromatic heterocycles. The predicted molar refractivity (Wildman–Crippen MR) is 83.1 cm³/mol. The maximum atomic E-state index is 10.6. The average molecular weight is 340 g/mol. The summed E-state index contributed by atoms with van der Waals surface area (Å²) in [6, 6.07) is 0. The first-order valence-corrected chi connectivity index (χ1v) is 9.69. The van der Waals surface area contributed by atoms with Gasteiger partial charge in [0.1, 0.15) is 36.6 Å². The molecule has 5 rings (SSSR count). The van der Waals surface area contributed by atoms with Crippen molar-refractivity contribution < 1.29 is 29.2 Å². The van der Waals surface area contributed by atoms with Crippen LogP contribution in [0.15, 0.2) is 0 Å². The lowest BCUT2D eigenvalue weighted by molar-refractivity contribution is -0.224. The van der Waals surface area contributed by atoms with E-state index < -0.39 is 36.0 Å². The Morgan fingerprint density at radius 1 is 0.500 bits per heavy atom. The van der Waals surface area contributed by atoms with Crippen LogP contribution < -0.4 is 0 Å². The van der Waals surface area contributed by atoms with Crippen LogP contribution in [0.2, 0.25) is 0 Å². The first-order chi connectivity index (χ1) is 11.6. The van der Waals surface area contributed by atoms with Gasteiger partial charge in [-0.25, -0.2) is 0 Å². The lowest BCUT2D eigenvalue weighted by Crippen LogP contribution is -2.61. The normalized spacial score (nSPS) is 49.2. The second-order valence-corrected chi connectivity index (χ2v) is 8.25. The topological polar surface area (TPSA) is 77.4 Å². The number of hydrogen-bond acceptors (Lipinski definition) is 6. The lowest BCUT2D eigenvalue weighted by Gasteiger charge is -2.38. The predicted octanol–water partition coefficient (Wildman–Crippen LogP) is 1.61. The third-order valence-electron chi connectivity index (χ3n) is 6.63. The fraction of sp³-hybridized carbons (Fsp3) is 1.00. The zero-order valence-electron chi connectivity index (χ0n) is 14.1. The van der Waals surface area contributed by atoms with Gasteiger partial charge >= 0.3 is 0 Å². The van der Waals surface area contributed by atoms with Crippen LogP contribution in [0, 0.1) is 0 Å². The molecule has 24 heavy (non-hydrogen) atoms. The van der Waals surface area contributed by atoms with E-state index in [9.17, 15) is 10.2 Å². The Hall–Kier alpha value is -0.240. The Morgan fingerprint density at radius 2 is 0.833 bits per heavy atom. The molecule has 0 aromatic rings.